The Morgan fingerprint density at radius 3 is 3.05 bits per heavy atom. The predicted octanol–water partition coefficient (Wildman–Crippen LogP) is 2.79. The van der Waals surface area contributed by atoms with Gasteiger partial charge in [0.1, 0.15) is 5.75 Å². The van der Waals surface area contributed by atoms with Crippen molar-refractivity contribution < 1.29 is 14.3 Å². The highest BCUT2D eigenvalue weighted by Gasteiger charge is 2.15. The summed E-state index contributed by atoms with van der Waals surface area (Å²) in [6, 6.07) is 7.33. The van der Waals surface area contributed by atoms with E-state index in [4.69, 9.17) is 21.1 Å². The first kappa shape index (κ1) is 15.1. The van der Waals surface area contributed by atoms with Crippen molar-refractivity contribution in [2.24, 2.45) is 0 Å². The molecule has 1 fully saturated rings. The van der Waals surface area contributed by atoms with Crippen LogP contribution < -0.4 is 10.1 Å². The zero-order chi connectivity index (χ0) is 14.2. The lowest BCUT2D eigenvalue weighted by molar-refractivity contribution is -0.121. The minimum absolute atomic E-state index is 0.0447. The second kappa shape index (κ2) is 8.12. The second-order valence-corrected chi connectivity index (χ2v) is 5.23. The normalized spacial score (nSPS) is 17.9. The Kier molecular flexibility index (Phi) is 6.15. The number of hydrogen-bond donors (Lipinski definition) is 1. The van der Waals surface area contributed by atoms with Gasteiger partial charge in [-0.1, -0.05) is 23.7 Å². The summed E-state index contributed by atoms with van der Waals surface area (Å²) in [5.41, 5.74) is 0. The second-order valence-electron chi connectivity index (χ2n) is 4.82. The molecule has 1 unspecified atom stereocenters. The van der Waals surface area contributed by atoms with Gasteiger partial charge < -0.3 is 14.8 Å². The van der Waals surface area contributed by atoms with Crippen molar-refractivity contribution >= 4 is 17.5 Å². The van der Waals surface area contributed by atoms with Crippen LogP contribution in [0.4, 0.5) is 0 Å². The number of ether oxygens (including phenoxy) is 2. The quantitative estimate of drug-likeness (QED) is 0.787. The molecular weight excluding hydrogens is 278 g/mol. The Morgan fingerprint density at radius 2 is 2.30 bits per heavy atom. The highest BCUT2D eigenvalue weighted by atomic mass is 35.5. The number of benzene rings is 1. The van der Waals surface area contributed by atoms with Gasteiger partial charge in [0.15, 0.2) is 0 Å². The molecule has 20 heavy (non-hydrogen) atoms. The number of halogens is 1. The van der Waals surface area contributed by atoms with Crippen LogP contribution in [-0.4, -0.2) is 31.8 Å². The van der Waals surface area contributed by atoms with Gasteiger partial charge in [0.25, 0.3) is 0 Å². The summed E-state index contributed by atoms with van der Waals surface area (Å²) >= 11 is 5.97. The van der Waals surface area contributed by atoms with Crippen LogP contribution in [0, 0.1) is 0 Å². The predicted molar refractivity (Wildman–Crippen MR) is 78.2 cm³/mol. The monoisotopic (exact) mass is 297 g/mol. The molecular formula is C15H20ClNO3. The van der Waals surface area contributed by atoms with Crippen LogP contribution in [0.25, 0.3) is 0 Å². The molecule has 1 aliphatic heterocycles. The summed E-state index contributed by atoms with van der Waals surface area (Å²) in [4.78, 5) is 11.6. The molecule has 1 N–H and O–H groups in total. The molecule has 110 valence electrons. The molecule has 2 rings (SSSR count). The molecule has 0 radical (unpaired) electrons. The van der Waals surface area contributed by atoms with Crippen molar-refractivity contribution in [2.75, 3.05) is 19.8 Å². The number of hydrogen-bond acceptors (Lipinski definition) is 3. The summed E-state index contributed by atoms with van der Waals surface area (Å²) in [6.07, 6.45) is 3.44. The summed E-state index contributed by atoms with van der Waals surface area (Å²) in [6.45, 7) is 1.91. The summed E-state index contributed by atoms with van der Waals surface area (Å²) in [5, 5.41) is 3.48. The topological polar surface area (TPSA) is 47.6 Å². The van der Waals surface area contributed by atoms with Gasteiger partial charge in [0, 0.05) is 19.6 Å². The van der Waals surface area contributed by atoms with E-state index in [-0.39, 0.29) is 12.0 Å². The van der Waals surface area contributed by atoms with Gasteiger partial charge in [0.05, 0.1) is 17.7 Å². The first-order valence-electron chi connectivity index (χ1n) is 7.01. The van der Waals surface area contributed by atoms with E-state index in [1.54, 1.807) is 6.07 Å². The zero-order valence-corrected chi connectivity index (χ0v) is 12.2. The summed E-state index contributed by atoms with van der Waals surface area (Å²) in [7, 11) is 0. The third-order valence-corrected chi connectivity index (χ3v) is 3.51. The smallest absolute Gasteiger partial charge is 0.220 e. The minimum atomic E-state index is 0.0447. The fourth-order valence-corrected chi connectivity index (χ4v) is 2.29. The molecule has 0 aromatic heterocycles. The standard InChI is InChI=1S/C15H20ClNO3/c16-13-6-1-2-7-14(13)20-10-4-8-15(18)17-11-12-5-3-9-19-12/h1-2,6-7,12H,3-5,8-11H2,(H,17,18). The highest BCUT2D eigenvalue weighted by molar-refractivity contribution is 6.32. The van der Waals surface area contributed by atoms with Crippen molar-refractivity contribution in [3.63, 3.8) is 0 Å². The fraction of sp³-hybridized carbons (Fsp3) is 0.533. The minimum Gasteiger partial charge on any atom is -0.492 e. The van der Waals surface area contributed by atoms with E-state index in [1.807, 2.05) is 18.2 Å². The highest BCUT2D eigenvalue weighted by Crippen LogP contribution is 2.23. The number of nitrogens with one attached hydrogen (secondary N) is 1. The lowest BCUT2D eigenvalue weighted by Crippen LogP contribution is -2.31. The van der Waals surface area contributed by atoms with Crippen LogP contribution in [0.2, 0.25) is 5.02 Å². The maximum absolute atomic E-state index is 11.6. The van der Waals surface area contributed by atoms with Crippen LogP contribution in [-0.2, 0) is 9.53 Å². The van der Waals surface area contributed by atoms with Gasteiger partial charge >= 0.3 is 0 Å². The molecule has 4 nitrogen and oxygen atoms in total. The summed E-state index contributed by atoms with van der Waals surface area (Å²) < 4.78 is 11.0. The molecule has 1 aromatic rings. The molecule has 0 saturated carbocycles. The largest absolute Gasteiger partial charge is 0.492 e. The van der Waals surface area contributed by atoms with E-state index in [0.717, 1.165) is 19.4 Å². The third-order valence-electron chi connectivity index (χ3n) is 3.19. The Balaban J connectivity index is 1.56. The number of para-hydroxylation sites is 1. The number of rotatable bonds is 7. The fourth-order valence-electron chi connectivity index (χ4n) is 2.10. The SMILES string of the molecule is O=C(CCCOc1ccccc1Cl)NCC1CCCO1. The lowest BCUT2D eigenvalue weighted by Gasteiger charge is -2.11. The van der Waals surface area contributed by atoms with Crippen LogP contribution in [0.15, 0.2) is 24.3 Å². The average Bonchev–Trinajstić information content (AvgIpc) is 2.96. The molecule has 1 aromatic carbocycles. The average molecular weight is 298 g/mol. The lowest BCUT2D eigenvalue weighted by atomic mass is 10.2. The molecule has 0 bridgehead atoms. The maximum Gasteiger partial charge on any atom is 0.220 e. The first-order chi connectivity index (χ1) is 9.75. The molecule has 1 aliphatic rings. The van der Waals surface area contributed by atoms with Gasteiger partial charge in [-0.05, 0) is 31.4 Å². The van der Waals surface area contributed by atoms with Crippen molar-refractivity contribution in [3.05, 3.63) is 29.3 Å². The Morgan fingerprint density at radius 1 is 1.45 bits per heavy atom. The molecule has 0 aliphatic carbocycles. The van der Waals surface area contributed by atoms with Crippen LogP contribution in [0.3, 0.4) is 0 Å². The van der Waals surface area contributed by atoms with Crippen molar-refractivity contribution in [1.82, 2.24) is 5.32 Å². The van der Waals surface area contributed by atoms with Gasteiger partial charge in [0.2, 0.25) is 5.91 Å². The van der Waals surface area contributed by atoms with Crippen LogP contribution >= 0.6 is 11.6 Å². The van der Waals surface area contributed by atoms with Gasteiger partial charge in [-0.3, -0.25) is 4.79 Å². The van der Waals surface area contributed by atoms with E-state index >= 15 is 0 Å². The molecule has 5 heteroatoms. The first-order valence-corrected chi connectivity index (χ1v) is 7.39. The number of amides is 1. The van der Waals surface area contributed by atoms with Crippen molar-refractivity contribution in [3.8, 4) is 5.75 Å². The van der Waals surface area contributed by atoms with E-state index in [0.29, 0.717) is 36.8 Å². The van der Waals surface area contributed by atoms with Gasteiger partial charge in [-0.15, -0.1) is 0 Å². The van der Waals surface area contributed by atoms with Crippen molar-refractivity contribution in [1.29, 1.82) is 0 Å². The van der Waals surface area contributed by atoms with Crippen LogP contribution in [0.1, 0.15) is 25.7 Å². The number of carbonyl (C=O) groups excluding carboxylic acids is 1. The van der Waals surface area contributed by atoms with Crippen molar-refractivity contribution in [2.45, 2.75) is 31.8 Å². The third kappa shape index (κ3) is 5.02. The van der Waals surface area contributed by atoms with Gasteiger partial charge in [-0.2, -0.15) is 0 Å². The summed E-state index contributed by atoms with van der Waals surface area (Å²) in [5.74, 6) is 0.706. The van der Waals surface area contributed by atoms with E-state index in [1.165, 1.54) is 0 Å². The molecule has 1 heterocycles. The Hall–Kier alpha value is -1.26. The zero-order valence-electron chi connectivity index (χ0n) is 11.4. The van der Waals surface area contributed by atoms with Gasteiger partial charge in [-0.25, -0.2) is 0 Å². The van der Waals surface area contributed by atoms with Crippen LogP contribution in [0.5, 0.6) is 5.75 Å². The molecule has 1 atom stereocenters. The van der Waals surface area contributed by atoms with E-state index < -0.39 is 0 Å². The van der Waals surface area contributed by atoms with E-state index in [2.05, 4.69) is 5.32 Å². The molecule has 1 amide bonds. The Labute approximate surface area is 124 Å². The maximum atomic E-state index is 11.6. The van der Waals surface area contributed by atoms with E-state index in [9.17, 15) is 4.79 Å². The Bertz CT molecular complexity index is 433. The molecule has 1 saturated heterocycles. The molecule has 0 spiro atoms. The number of carbonyl (C=O) groups is 1.